The van der Waals surface area contributed by atoms with E-state index in [0.29, 0.717) is 17.0 Å². The number of carbonyl (C=O) groups excluding carboxylic acids is 3. The Hall–Kier alpha value is -3.35. The molecule has 0 saturated carbocycles. The maximum absolute atomic E-state index is 12.4. The molecule has 2 aliphatic heterocycles. The summed E-state index contributed by atoms with van der Waals surface area (Å²) < 4.78 is 5.29. The van der Waals surface area contributed by atoms with Crippen LogP contribution in [0.25, 0.3) is 0 Å². The Kier molecular flexibility index (Phi) is 5.46. The average molecular weight is 393 g/mol. The van der Waals surface area contributed by atoms with E-state index in [9.17, 15) is 14.4 Å². The van der Waals surface area contributed by atoms with Gasteiger partial charge in [0.15, 0.2) is 12.4 Å². The van der Waals surface area contributed by atoms with Gasteiger partial charge in [0.2, 0.25) is 5.91 Å². The summed E-state index contributed by atoms with van der Waals surface area (Å²) in [5.74, 6) is -0.0810. The summed E-state index contributed by atoms with van der Waals surface area (Å²) in [6.07, 6.45) is 2.62. The Morgan fingerprint density at radius 3 is 2.55 bits per heavy atom. The number of benzene rings is 2. The van der Waals surface area contributed by atoms with Crippen LogP contribution in [0.4, 0.5) is 17.1 Å². The van der Waals surface area contributed by atoms with Crippen molar-refractivity contribution in [2.45, 2.75) is 25.7 Å². The molecule has 0 aliphatic carbocycles. The quantitative estimate of drug-likeness (QED) is 0.736. The van der Waals surface area contributed by atoms with Gasteiger partial charge in [0.05, 0.1) is 5.69 Å². The summed E-state index contributed by atoms with van der Waals surface area (Å²) >= 11 is 0. The van der Waals surface area contributed by atoms with E-state index in [1.807, 2.05) is 24.3 Å². The molecule has 150 valence electrons. The summed E-state index contributed by atoms with van der Waals surface area (Å²) in [6, 6.07) is 12.7. The lowest BCUT2D eigenvalue weighted by molar-refractivity contribution is -0.118. The zero-order valence-electron chi connectivity index (χ0n) is 16.1. The molecule has 0 spiro atoms. The fourth-order valence-electron chi connectivity index (χ4n) is 3.58. The first-order chi connectivity index (χ1) is 14.1. The van der Waals surface area contributed by atoms with Crippen LogP contribution >= 0.6 is 0 Å². The lowest BCUT2D eigenvalue weighted by atomic mass is 10.0. The normalized spacial score (nSPS) is 15.3. The van der Waals surface area contributed by atoms with Crippen LogP contribution in [-0.4, -0.2) is 37.3 Å². The lowest BCUT2D eigenvalue weighted by Gasteiger charge is -2.18. The molecule has 7 nitrogen and oxygen atoms in total. The highest BCUT2D eigenvalue weighted by molar-refractivity contribution is 6.02. The van der Waals surface area contributed by atoms with Crippen LogP contribution in [0.1, 0.15) is 36.0 Å². The van der Waals surface area contributed by atoms with Crippen LogP contribution in [-0.2, 0) is 9.59 Å². The van der Waals surface area contributed by atoms with Gasteiger partial charge in [-0.1, -0.05) is 0 Å². The van der Waals surface area contributed by atoms with Gasteiger partial charge < -0.3 is 20.3 Å². The van der Waals surface area contributed by atoms with Gasteiger partial charge in [0.25, 0.3) is 5.91 Å². The zero-order valence-corrected chi connectivity index (χ0v) is 16.1. The topological polar surface area (TPSA) is 87.7 Å². The predicted octanol–water partition coefficient (Wildman–Crippen LogP) is 3.22. The molecule has 2 N–H and O–H groups in total. The summed E-state index contributed by atoms with van der Waals surface area (Å²) in [6.45, 7) is 2.12. The molecule has 0 bridgehead atoms. The largest absolute Gasteiger partial charge is 0.482 e. The van der Waals surface area contributed by atoms with Gasteiger partial charge >= 0.3 is 0 Å². The first-order valence-electron chi connectivity index (χ1n) is 9.83. The molecular formula is C22H23N3O4. The van der Waals surface area contributed by atoms with Crippen molar-refractivity contribution in [3.8, 4) is 5.75 Å². The number of amides is 2. The summed E-state index contributed by atoms with van der Waals surface area (Å²) in [4.78, 5) is 38.4. The van der Waals surface area contributed by atoms with E-state index in [1.54, 1.807) is 18.2 Å². The number of nitrogens with one attached hydrogen (secondary N) is 2. The molecule has 1 fully saturated rings. The summed E-state index contributed by atoms with van der Waals surface area (Å²) in [5.41, 5.74) is 2.81. The van der Waals surface area contributed by atoms with E-state index in [4.69, 9.17) is 4.74 Å². The zero-order chi connectivity index (χ0) is 20.2. The van der Waals surface area contributed by atoms with Crippen LogP contribution in [0.15, 0.2) is 42.5 Å². The number of Topliss-reactive ketones (excluding diaryl/α,β-unsaturated/α-hetero) is 1. The minimum Gasteiger partial charge on any atom is -0.482 e. The molecular weight excluding hydrogens is 370 g/mol. The van der Waals surface area contributed by atoms with Crippen LogP contribution in [0.3, 0.4) is 0 Å². The van der Waals surface area contributed by atoms with E-state index < -0.39 is 0 Å². The number of fused-ring (bicyclic) bond motifs is 1. The molecule has 29 heavy (non-hydrogen) atoms. The van der Waals surface area contributed by atoms with Crippen LogP contribution in [0.2, 0.25) is 0 Å². The maximum Gasteiger partial charge on any atom is 0.262 e. The number of hydrogen-bond acceptors (Lipinski definition) is 5. The first kappa shape index (κ1) is 19.0. The lowest BCUT2D eigenvalue weighted by Crippen LogP contribution is -2.25. The number of ether oxygens (including phenoxy) is 1. The van der Waals surface area contributed by atoms with Crippen molar-refractivity contribution >= 4 is 34.7 Å². The van der Waals surface area contributed by atoms with Crippen molar-refractivity contribution < 1.29 is 19.1 Å². The Labute approximate surface area is 169 Å². The second-order valence-electron chi connectivity index (χ2n) is 7.26. The van der Waals surface area contributed by atoms with Crippen molar-refractivity contribution in [3.63, 3.8) is 0 Å². The number of hydrogen-bond donors (Lipinski definition) is 2. The molecule has 0 unspecified atom stereocenters. The Morgan fingerprint density at radius 2 is 1.79 bits per heavy atom. The third-order valence-corrected chi connectivity index (χ3v) is 5.14. The molecule has 0 aromatic heterocycles. The van der Waals surface area contributed by atoms with E-state index in [2.05, 4.69) is 15.5 Å². The molecule has 2 amide bonds. The van der Waals surface area contributed by atoms with Crippen molar-refractivity contribution in [2.24, 2.45) is 0 Å². The molecule has 2 heterocycles. The van der Waals surface area contributed by atoms with Crippen LogP contribution < -0.4 is 20.3 Å². The number of nitrogens with zero attached hydrogens (tertiary/aromatic N) is 1. The fourth-order valence-corrected chi connectivity index (χ4v) is 3.58. The van der Waals surface area contributed by atoms with Gasteiger partial charge in [-0.3, -0.25) is 14.4 Å². The number of anilines is 3. The smallest absolute Gasteiger partial charge is 0.262 e. The SMILES string of the molecule is O=C(CCC(=O)c1ccc2c(c1)NC(=O)CO2)Nc1ccc(N2CCCC2)cc1. The Bertz CT molecular complexity index is 934. The molecule has 7 heteroatoms. The van der Waals surface area contributed by atoms with Gasteiger partial charge in [-0.2, -0.15) is 0 Å². The van der Waals surface area contributed by atoms with Gasteiger partial charge in [-0.25, -0.2) is 0 Å². The van der Waals surface area contributed by atoms with E-state index in [-0.39, 0.29) is 37.0 Å². The van der Waals surface area contributed by atoms with Gasteiger partial charge in [-0.05, 0) is 55.3 Å². The van der Waals surface area contributed by atoms with Gasteiger partial charge in [-0.15, -0.1) is 0 Å². The number of carbonyl (C=O) groups is 3. The molecule has 0 atom stereocenters. The highest BCUT2D eigenvalue weighted by Crippen LogP contribution is 2.29. The first-order valence-corrected chi connectivity index (χ1v) is 9.83. The predicted molar refractivity (Wildman–Crippen MR) is 111 cm³/mol. The Balaban J connectivity index is 1.29. The molecule has 1 saturated heterocycles. The third kappa shape index (κ3) is 4.56. The molecule has 2 aliphatic rings. The monoisotopic (exact) mass is 393 g/mol. The average Bonchev–Trinajstić information content (AvgIpc) is 3.27. The number of ketones is 1. The minimum atomic E-state index is -0.253. The fraction of sp³-hybridized carbons (Fsp3) is 0.318. The van der Waals surface area contributed by atoms with Crippen LogP contribution in [0.5, 0.6) is 5.75 Å². The van der Waals surface area contributed by atoms with Crippen molar-refractivity contribution in [1.29, 1.82) is 0 Å². The third-order valence-electron chi connectivity index (χ3n) is 5.14. The highest BCUT2D eigenvalue weighted by atomic mass is 16.5. The number of rotatable bonds is 6. The van der Waals surface area contributed by atoms with Crippen molar-refractivity contribution in [1.82, 2.24) is 0 Å². The maximum atomic E-state index is 12.4. The van der Waals surface area contributed by atoms with Crippen LogP contribution in [0, 0.1) is 0 Å². The standard InChI is InChI=1S/C22H23N3O4/c26-19(15-3-9-20-18(13-15)24-22(28)14-29-20)8-10-21(27)23-16-4-6-17(7-5-16)25-11-1-2-12-25/h3-7,9,13H,1-2,8,10-12,14H2,(H,23,27)(H,24,28). The molecule has 2 aromatic carbocycles. The van der Waals surface area contributed by atoms with Crippen molar-refractivity contribution in [3.05, 3.63) is 48.0 Å². The highest BCUT2D eigenvalue weighted by Gasteiger charge is 2.18. The molecule has 4 rings (SSSR count). The molecule has 2 aromatic rings. The van der Waals surface area contributed by atoms with E-state index in [0.717, 1.165) is 18.8 Å². The second-order valence-corrected chi connectivity index (χ2v) is 7.26. The van der Waals surface area contributed by atoms with Crippen molar-refractivity contribution in [2.75, 3.05) is 35.2 Å². The van der Waals surface area contributed by atoms with E-state index >= 15 is 0 Å². The van der Waals surface area contributed by atoms with E-state index in [1.165, 1.54) is 18.5 Å². The van der Waals surface area contributed by atoms with Gasteiger partial charge in [0.1, 0.15) is 5.75 Å². The summed E-state index contributed by atoms with van der Waals surface area (Å²) in [5, 5.41) is 5.51. The Morgan fingerprint density at radius 1 is 1.03 bits per heavy atom. The second kappa shape index (κ2) is 8.34. The minimum absolute atomic E-state index is 0.0283. The van der Waals surface area contributed by atoms with Gasteiger partial charge in [0, 0.05) is 42.9 Å². The summed E-state index contributed by atoms with van der Waals surface area (Å²) in [7, 11) is 0. The molecule has 0 radical (unpaired) electrons.